The molecule has 0 aromatic rings. The summed E-state index contributed by atoms with van der Waals surface area (Å²) in [6, 6.07) is -0.863. The summed E-state index contributed by atoms with van der Waals surface area (Å²) >= 11 is 0. The van der Waals surface area contributed by atoms with Crippen LogP contribution in [-0.2, 0) is 9.59 Å². The first kappa shape index (κ1) is 11.9. The van der Waals surface area contributed by atoms with E-state index in [-0.39, 0.29) is 18.9 Å². The van der Waals surface area contributed by atoms with E-state index in [1.165, 1.54) is 0 Å². The first-order chi connectivity index (χ1) is 7.33. The van der Waals surface area contributed by atoms with Gasteiger partial charge in [-0.1, -0.05) is 0 Å². The molecule has 0 aromatic heterocycles. The van der Waals surface area contributed by atoms with Crippen molar-refractivity contribution in [3.05, 3.63) is 0 Å². The van der Waals surface area contributed by atoms with Crippen LogP contribution in [0.4, 0.5) is 4.79 Å². The predicted molar refractivity (Wildman–Crippen MR) is 53.9 cm³/mol. The van der Waals surface area contributed by atoms with E-state index in [2.05, 4.69) is 15.6 Å². The number of rotatable bonds is 2. The molecule has 4 amide bonds. The molecule has 0 saturated heterocycles. The van der Waals surface area contributed by atoms with Crippen LogP contribution in [-0.4, -0.2) is 35.9 Å². The number of nitrogens with two attached hydrogens (primary N) is 3. The monoisotopic (exact) mass is 228 g/mol. The van der Waals surface area contributed by atoms with Crippen molar-refractivity contribution in [3.8, 4) is 0 Å². The molecule has 0 fully saturated rings. The number of hydrogen-bond donors (Lipinski definition) is 5. The van der Waals surface area contributed by atoms with Gasteiger partial charge in [-0.25, -0.2) is 4.79 Å². The maximum Gasteiger partial charge on any atom is 0.318 e. The summed E-state index contributed by atoms with van der Waals surface area (Å²) in [7, 11) is 0. The molecule has 0 saturated carbocycles. The van der Waals surface area contributed by atoms with Gasteiger partial charge in [-0.3, -0.25) is 25.2 Å². The van der Waals surface area contributed by atoms with Crippen LogP contribution in [0.3, 0.4) is 0 Å². The predicted octanol–water partition coefficient (Wildman–Crippen LogP) is -3.29. The smallest absolute Gasteiger partial charge is 0.318 e. The normalized spacial score (nSPS) is 24.3. The molecular weight excluding hydrogens is 216 g/mol. The average molecular weight is 228 g/mol. The highest BCUT2D eigenvalue weighted by molar-refractivity contribution is 6.09. The standard InChI is InChI=1S/C7H12N6O3/c8-3(14)1-7(10)2-11-6(12-4(7)15)13-5(9)16/h1-2,10H2,(H2,8,14)(H4,9,11,12,13,15,16)/t7-/m1/s1. The summed E-state index contributed by atoms with van der Waals surface area (Å²) in [6.45, 7) is -0.155. The summed E-state index contributed by atoms with van der Waals surface area (Å²) in [4.78, 5) is 36.5. The van der Waals surface area contributed by atoms with Crippen molar-refractivity contribution in [2.75, 3.05) is 6.54 Å². The number of hydrogen-bond acceptors (Lipinski definition) is 5. The van der Waals surface area contributed by atoms with Gasteiger partial charge in [0.05, 0.1) is 13.0 Å². The lowest BCUT2D eigenvalue weighted by Crippen LogP contribution is -2.64. The van der Waals surface area contributed by atoms with Crippen LogP contribution in [0.5, 0.6) is 0 Å². The van der Waals surface area contributed by atoms with Crippen LogP contribution in [0.25, 0.3) is 0 Å². The van der Waals surface area contributed by atoms with Crippen LogP contribution in [0, 0.1) is 0 Å². The van der Waals surface area contributed by atoms with Crippen molar-refractivity contribution in [1.29, 1.82) is 0 Å². The van der Waals surface area contributed by atoms with Gasteiger partial charge in [-0.2, -0.15) is 0 Å². The van der Waals surface area contributed by atoms with Crippen molar-refractivity contribution >= 4 is 23.8 Å². The molecule has 0 bridgehead atoms. The van der Waals surface area contributed by atoms with Crippen LogP contribution in [0.15, 0.2) is 4.99 Å². The molecule has 0 spiro atoms. The lowest BCUT2D eigenvalue weighted by Gasteiger charge is -2.29. The number of guanidine groups is 1. The van der Waals surface area contributed by atoms with Gasteiger partial charge in [0.25, 0.3) is 0 Å². The number of nitrogens with zero attached hydrogens (tertiary/aromatic N) is 1. The molecule has 16 heavy (non-hydrogen) atoms. The van der Waals surface area contributed by atoms with E-state index in [0.29, 0.717) is 0 Å². The van der Waals surface area contributed by atoms with Gasteiger partial charge in [-0.05, 0) is 0 Å². The van der Waals surface area contributed by atoms with Gasteiger partial charge in [0.1, 0.15) is 5.54 Å². The van der Waals surface area contributed by atoms with Crippen molar-refractivity contribution in [3.63, 3.8) is 0 Å². The topological polar surface area (TPSA) is 166 Å². The number of urea groups is 1. The zero-order chi connectivity index (χ0) is 12.3. The maximum absolute atomic E-state index is 11.5. The van der Waals surface area contributed by atoms with E-state index in [0.717, 1.165) is 0 Å². The molecule has 88 valence electrons. The van der Waals surface area contributed by atoms with E-state index in [1.54, 1.807) is 0 Å². The number of aliphatic imine (C=N–C) groups is 1. The van der Waals surface area contributed by atoms with Crippen molar-refractivity contribution in [2.24, 2.45) is 22.2 Å². The lowest BCUT2D eigenvalue weighted by atomic mass is 9.94. The Bertz CT molecular complexity index is 378. The Balaban J connectivity index is 2.76. The molecule has 9 heteroatoms. The molecule has 1 aliphatic heterocycles. The Hall–Kier alpha value is -2.16. The first-order valence-electron chi connectivity index (χ1n) is 4.33. The molecular formula is C7H12N6O3. The van der Waals surface area contributed by atoms with Crippen molar-refractivity contribution in [1.82, 2.24) is 10.6 Å². The molecule has 1 aliphatic rings. The zero-order valence-electron chi connectivity index (χ0n) is 8.32. The average Bonchev–Trinajstić information content (AvgIpc) is 2.10. The Morgan fingerprint density at radius 2 is 2.12 bits per heavy atom. The van der Waals surface area contributed by atoms with Gasteiger partial charge in [0.15, 0.2) is 0 Å². The fraction of sp³-hybridized carbons (Fsp3) is 0.429. The molecule has 0 aliphatic carbocycles. The summed E-state index contributed by atoms with van der Waals surface area (Å²) in [5.74, 6) is -1.45. The second-order valence-corrected chi connectivity index (χ2v) is 3.41. The molecule has 1 atom stereocenters. The molecule has 1 heterocycles. The third-order valence-electron chi connectivity index (χ3n) is 1.93. The van der Waals surface area contributed by atoms with Gasteiger partial charge in [0, 0.05) is 0 Å². The van der Waals surface area contributed by atoms with Crippen LogP contribution < -0.4 is 27.8 Å². The van der Waals surface area contributed by atoms with E-state index >= 15 is 0 Å². The minimum absolute atomic E-state index is 0.0944. The van der Waals surface area contributed by atoms with E-state index in [1.807, 2.05) is 0 Å². The van der Waals surface area contributed by atoms with E-state index in [4.69, 9.17) is 17.2 Å². The number of nitrogens with one attached hydrogen (secondary N) is 2. The maximum atomic E-state index is 11.5. The zero-order valence-corrected chi connectivity index (χ0v) is 8.32. The van der Waals surface area contributed by atoms with Crippen molar-refractivity contribution < 1.29 is 14.4 Å². The summed E-state index contributed by atoms with van der Waals surface area (Å²) in [6.07, 6.45) is -0.327. The van der Waals surface area contributed by atoms with Crippen LogP contribution in [0.2, 0.25) is 0 Å². The highest BCUT2D eigenvalue weighted by Crippen LogP contribution is 2.10. The Morgan fingerprint density at radius 3 is 2.56 bits per heavy atom. The van der Waals surface area contributed by atoms with Crippen molar-refractivity contribution in [2.45, 2.75) is 12.0 Å². The third kappa shape index (κ3) is 2.67. The molecule has 8 N–H and O–H groups in total. The highest BCUT2D eigenvalue weighted by Gasteiger charge is 2.39. The Kier molecular flexibility index (Phi) is 3.09. The van der Waals surface area contributed by atoms with Gasteiger partial charge >= 0.3 is 6.03 Å². The Morgan fingerprint density at radius 1 is 1.50 bits per heavy atom. The van der Waals surface area contributed by atoms with Gasteiger partial charge in [-0.15, -0.1) is 0 Å². The molecule has 9 nitrogen and oxygen atoms in total. The summed E-state index contributed by atoms with van der Waals surface area (Å²) in [5.41, 5.74) is 13.9. The quantitative estimate of drug-likeness (QED) is 0.334. The molecule has 0 aromatic carbocycles. The van der Waals surface area contributed by atoms with Crippen LogP contribution in [0.1, 0.15) is 6.42 Å². The van der Waals surface area contributed by atoms with E-state index in [9.17, 15) is 14.4 Å². The number of amides is 4. The molecule has 0 radical (unpaired) electrons. The van der Waals surface area contributed by atoms with E-state index < -0.39 is 23.4 Å². The van der Waals surface area contributed by atoms with Gasteiger partial charge < -0.3 is 17.2 Å². The third-order valence-corrected chi connectivity index (χ3v) is 1.93. The second kappa shape index (κ2) is 4.14. The van der Waals surface area contributed by atoms with Gasteiger partial charge in [0.2, 0.25) is 17.8 Å². The number of carbonyl (C=O) groups excluding carboxylic acids is 3. The van der Waals surface area contributed by atoms with Crippen LogP contribution >= 0.6 is 0 Å². The highest BCUT2D eigenvalue weighted by atomic mass is 16.2. The molecule has 1 rings (SSSR count). The fourth-order valence-electron chi connectivity index (χ4n) is 1.20. The number of carbonyl (C=O) groups is 3. The minimum atomic E-state index is -1.48. The fourth-order valence-corrected chi connectivity index (χ4v) is 1.20. The summed E-state index contributed by atoms with van der Waals surface area (Å²) < 4.78 is 0. The second-order valence-electron chi connectivity index (χ2n) is 3.41. The largest absolute Gasteiger partial charge is 0.370 e. The molecule has 0 unspecified atom stereocenters. The minimum Gasteiger partial charge on any atom is -0.370 e. The summed E-state index contributed by atoms with van der Waals surface area (Å²) in [5, 5.41) is 4.30. The Labute approximate surface area is 90.4 Å². The lowest BCUT2D eigenvalue weighted by molar-refractivity contribution is -0.129. The number of primary amides is 2. The SMILES string of the molecule is NC(=O)C[C@@]1(N)CN=C(NC(N)=O)NC1=O. The first-order valence-corrected chi connectivity index (χ1v) is 4.33.